The fourth-order valence-electron chi connectivity index (χ4n) is 1.70. The van der Waals surface area contributed by atoms with E-state index in [1.165, 1.54) is 0 Å². The first-order valence-corrected chi connectivity index (χ1v) is 9.01. The SMILES string of the molecule is CCCC(C)NC(=O)c1cc(S(=O)(=O)Cl)c(Br)cc1F. The van der Waals surface area contributed by atoms with Crippen LogP contribution in [0, 0.1) is 5.82 Å². The number of hydrogen-bond donors (Lipinski definition) is 1. The van der Waals surface area contributed by atoms with Crippen molar-refractivity contribution in [3.05, 3.63) is 28.0 Å². The van der Waals surface area contributed by atoms with E-state index in [0.717, 1.165) is 25.0 Å². The Bertz CT molecular complexity index is 621. The largest absolute Gasteiger partial charge is 0.349 e. The third-order valence-corrected chi connectivity index (χ3v) is 4.91. The maximum atomic E-state index is 13.8. The molecule has 20 heavy (non-hydrogen) atoms. The quantitative estimate of drug-likeness (QED) is 0.789. The van der Waals surface area contributed by atoms with Gasteiger partial charge < -0.3 is 5.32 Å². The Morgan fingerprint density at radius 1 is 1.50 bits per heavy atom. The predicted molar refractivity (Wildman–Crippen MR) is 79.0 cm³/mol. The lowest BCUT2D eigenvalue weighted by Crippen LogP contribution is -2.33. The first kappa shape index (κ1) is 17.4. The van der Waals surface area contributed by atoms with Crippen LogP contribution in [-0.4, -0.2) is 20.4 Å². The molecule has 1 aromatic carbocycles. The lowest BCUT2D eigenvalue weighted by atomic mass is 10.1. The predicted octanol–water partition coefficient (Wildman–Crippen LogP) is 3.43. The van der Waals surface area contributed by atoms with E-state index in [9.17, 15) is 17.6 Å². The molecule has 0 saturated heterocycles. The fourth-order valence-corrected chi connectivity index (χ4v) is 3.86. The highest BCUT2D eigenvalue weighted by Gasteiger charge is 2.22. The Morgan fingerprint density at radius 3 is 2.60 bits per heavy atom. The molecule has 0 radical (unpaired) electrons. The Hall–Kier alpha value is -0.660. The standard InChI is InChI=1S/C12H14BrClFNO3S/c1-3-4-7(2)16-12(17)8-5-11(20(14,18)19)9(13)6-10(8)15/h5-7H,3-4H2,1-2H3,(H,16,17). The van der Waals surface area contributed by atoms with Crippen molar-refractivity contribution in [2.24, 2.45) is 0 Å². The van der Waals surface area contributed by atoms with Crippen LogP contribution in [0.1, 0.15) is 37.0 Å². The molecular weight excluding hydrogens is 373 g/mol. The van der Waals surface area contributed by atoms with Crippen molar-refractivity contribution >= 4 is 41.6 Å². The zero-order valence-electron chi connectivity index (χ0n) is 10.9. The van der Waals surface area contributed by atoms with Crippen LogP contribution in [0.15, 0.2) is 21.5 Å². The average Bonchev–Trinajstić information content (AvgIpc) is 2.26. The number of hydrogen-bond acceptors (Lipinski definition) is 3. The Labute approximate surface area is 130 Å². The molecule has 0 heterocycles. The number of benzene rings is 1. The Morgan fingerprint density at radius 2 is 2.10 bits per heavy atom. The van der Waals surface area contributed by atoms with E-state index in [0.29, 0.717) is 0 Å². The monoisotopic (exact) mass is 385 g/mol. The summed E-state index contributed by atoms with van der Waals surface area (Å²) in [6.45, 7) is 3.75. The minimum Gasteiger partial charge on any atom is -0.349 e. The van der Waals surface area contributed by atoms with Gasteiger partial charge >= 0.3 is 0 Å². The van der Waals surface area contributed by atoms with Crippen molar-refractivity contribution in [3.63, 3.8) is 0 Å². The molecule has 0 fully saturated rings. The van der Waals surface area contributed by atoms with E-state index in [-0.39, 0.29) is 21.0 Å². The first-order valence-electron chi connectivity index (χ1n) is 5.91. The number of halogens is 3. The molecule has 1 rings (SSSR count). The molecule has 0 aliphatic rings. The molecule has 0 aliphatic carbocycles. The molecule has 1 unspecified atom stereocenters. The summed E-state index contributed by atoms with van der Waals surface area (Å²) in [5.74, 6) is -1.49. The van der Waals surface area contributed by atoms with E-state index in [1.807, 2.05) is 6.92 Å². The fraction of sp³-hybridized carbons (Fsp3) is 0.417. The molecule has 112 valence electrons. The van der Waals surface area contributed by atoms with Crippen LogP contribution in [0.25, 0.3) is 0 Å². The highest BCUT2D eigenvalue weighted by atomic mass is 79.9. The van der Waals surface area contributed by atoms with Crippen molar-refractivity contribution in [2.75, 3.05) is 0 Å². The third kappa shape index (κ3) is 4.43. The summed E-state index contributed by atoms with van der Waals surface area (Å²) < 4.78 is 36.4. The highest BCUT2D eigenvalue weighted by Crippen LogP contribution is 2.28. The lowest BCUT2D eigenvalue weighted by Gasteiger charge is -2.14. The molecule has 1 atom stereocenters. The van der Waals surface area contributed by atoms with E-state index in [4.69, 9.17) is 10.7 Å². The van der Waals surface area contributed by atoms with Crippen LogP contribution in [0.2, 0.25) is 0 Å². The summed E-state index contributed by atoms with van der Waals surface area (Å²) in [5.41, 5.74) is -0.352. The molecule has 0 aromatic heterocycles. The molecule has 0 aliphatic heterocycles. The van der Waals surface area contributed by atoms with Crippen molar-refractivity contribution in [1.82, 2.24) is 5.32 Å². The normalized spacial score (nSPS) is 13.1. The minimum absolute atomic E-state index is 0.0249. The summed E-state index contributed by atoms with van der Waals surface area (Å²) in [4.78, 5) is 11.6. The number of carbonyl (C=O) groups is 1. The molecule has 0 saturated carbocycles. The molecule has 1 aromatic rings. The Balaban J connectivity index is 3.16. The van der Waals surface area contributed by atoms with Gasteiger partial charge in [-0.2, -0.15) is 0 Å². The van der Waals surface area contributed by atoms with Crippen molar-refractivity contribution in [1.29, 1.82) is 0 Å². The molecule has 0 spiro atoms. The second-order valence-electron chi connectivity index (χ2n) is 4.36. The van der Waals surface area contributed by atoms with Crippen molar-refractivity contribution in [2.45, 2.75) is 37.6 Å². The van der Waals surface area contributed by atoms with Crippen molar-refractivity contribution in [3.8, 4) is 0 Å². The number of amides is 1. The van der Waals surface area contributed by atoms with Crippen LogP contribution < -0.4 is 5.32 Å². The number of carbonyl (C=O) groups excluding carboxylic acids is 1. The second kappa shape index (κ2) is 6.87. The number of rotatable bonds is 5. The topological polar surface area (TPSA) is 63.2 Å². The second-order valence-corrected chi connectivity index (χ2v) is 7.75. The lowest BCUT2D eigenvalue weighted by molar-refractivity contribution is 0.0934. The van der Waals surface area contributed by atoms with Gasteiger partial charge in [0.2, 0.25) is 0 Å². The molecule has 1 N–H and O–H groups in total. The molecule has 4 nitrogen and oxygen atoms in total. The summed E-state index contributed by atoms with van der Waals surface area (Å²) in [5, 5.41) is 2.60. The van der Waals surface area contributed by atoms with Crippen LogP contribution >= 0.6 is 26.6 Å². The van der Waals surface area contributed by atoms with Gasteiger partial charge in [-0.1, -0.05) is 13.3 Å². The zero-order chi connectivity index (χ0) is 15.5. The zero-order valence-corrected chi connectivity index (χ0v) is 14.1. The van der Waals surface area contributed by atoms with Gasteiger partial charge in [-0.25, -0.2) is 12.8 Å². The Kier molecular flexibility index (Phi) is 5.97. The molecule has 0 bridgehead atoms. The van der Waals surface area contributed by atoms with E-state index in [1.54, 1.807) is 6.92 Å². The summed E-state index contributed by atoms with van der Waals surface area (Å²) in [6, 6.07) is 1.70. The van der Waals surface area contributed by atoms with Gasteiger partial charge in [0.25, 0.3) is 15.0 Å². The van der Waals surface area contributed by atoms with Gasteiger partial charge in [-0.05, 0) is 41.4 Å². The van der Waals surface area contributed by atoms with E-state index < -0.39 is 20.8 Å². The maximum Gasteiger partial charge on any atom is 0.262 e. The summed E-state index contributed by atoms with van der Waals surface area (Å²) >= 11 is 2.91. The van der Waals surface area contributed by atoms with Gasteiger partial charge in [0.15, 0.2) is 0 Å². The van der Waals surface area contributed by atoms with Gasteiger partial charge in [0, 0.05) is 21.2 Å². The van der Waals surface area contributed by atoms with Gasteiger partial charge in [0.05, 0.1) is 10.5 Å². The smallest absolute Gasteiger partial charge is 0.262 e. The third-order valence-electron chi connectivity index (χ3n) is 2.63. The first-order chi connectivity index (χ1) is 9.16. The van der Waals surface area contributed by atoms with Crippen LogP contribution in [0.3, 0.4) is 0 Å². The summed E-state index contributed by atoms with van der Waals surface area (Å²) in [6.07, 6.45) is 1.61. The van der Waals surface area contributed by atoms with E-state index in [2.05, 4.69) is 21.2 Å². The highest BCUT2D eigenvalue weighted by molar-refractivity contribution is 9.10. The van der Waals surface area contributed by atoms with Crippen LogP contribution in [0.5, 0.6) is 0 Å². The average molecular weight is 387 g/mol. The molecular formula is C12H14BrClFNO3S. The molecule has 1 amide bonds. The van der Waals surface area contributed by atoms with E-state index >= 15 is 0 Å². The molecule has 8 heteroatoms. The number of nitrogens with one attached hydrogen (secondary N) is 1. The van der Waals surface area contributed by atoms with Gasteiger partial charge in [-0.15, -0.1) is 0 Å². The van der Waals surface area contributed by atoms with Crippen LogP contribution in [-0.2, 0) is 9.05 Å². The van der Waals surface area contributed by atoms with Crippen molar-refractivity contribution < 1.29 is 17.6 Å². The van der Waals surface area contributed by atoms with Crippen LogP contribution in [0.4, 0.5) is 4.39 Å². The maximum absolute atomic E-state index is 13.8. The minimum atomic E-state index is -4.07. The van der Waals surface area contributed by atoms with Gasteiger partial charge in [0.1, 0.15) is 5.82 Å². The van der Waals surface area contributed by atoms with Gasteiger partial charge in [-0.3, -0.25) is 4.79 Å². The summed E-state index contributed by atoms with van der Waals surface area (Å²) in [7, 11) is 1.17.